The maximum absolute atomic E-state index is 10.5. The highest BCUT2D eigenvalue weighted by Gasteiger charge is 2.01. The molecule has 2 aromatic rings. The number of nitrogens with zero attached hydrogens (tertiary/aromatic N) is 2. The molecule has 8 nitrogen and oxygen atoms in total. The molecule has 0 unspecified atom stereocenters. The lowest BCUT2D eigenvalue weighted by Gasteiger charge is -2.03. The topological polar surface area (TPSA) is 108 Å². The second-order valence-corrected chi connectivity index (χ2v) is 5.93. The van der Waals surface area contributed by atoms with Crippen LogP contribution in [0.5, 0.6) is 11.8 Å². The molecule has 0 aliphatic rings. The van der Waals surface area contributed by atoms with Gasteiger partial charge in [-0.05, 0) is 12.1 Å². The molecule has 0 saturated heterocycles. The van der Waals surface area contributed by atoms with Crippen LogP contribution in [0.2, 0.25) is 0 Å². The van der Waals surface area contributed by atoms with E-state index in [0.717, 1.165) is 6.26 Å². The maximum atomic E-state index is 10.5. The minimum Gasteiger partial charge on any atom is -0.475 e. The van der Waals surface area contributed by atoms with Gasteiger partial charge in [-0.3, -0.25) is 4.18 Å². The summed E-state index contributed by atoms with van der Waals surface area (Å²) in [5.74, 6) is 1.00. The summed E-state index contributed by atoms with van der Waals surface area (Å²) >= 11 is 0. The van der Waals surface area contributed by atoms with E-state index in [1.807, 2.05) is 12.1 Å². The summed E-state index contributed by atoms with van der Waals surface area (Å²) < 4.78 is 35.7. The zero-order chi connectivity index (χ0) is 17.7. The Morgan fingerprint density at radius 1 is 0.917 bits per heavy atom. The van der Waals surface area contributed by atoms with Crippen LogP contribution in [-0.4, -0.2) is 56.2 Å². The van der Waals surface area contributed by atoms with Crippen molar-refractivity contribution in [1.29, 1.82) is 0 Å². The van der Waals surface area contributed by atoms with Crippen molar-refractivity contribution in [2.45, 2.75) is 0 Å². The zero-order valence-corrected chi connectivity index (χ0v) is 14.1. The predicted octanol–water partition coefficient (Wildman–Crippen LogP) is 0.889. The monoisotopic (exact) mass is 356 g/mol. The number of rotatable bonds is 8. The third-order valence-corrected chi connectivity index (χ3v) is 2.84. The molecule has 0 aromatic carbocycles. The molecule has 9 heteroatoms. The van der Waals surface area contributed by atoms with Crippen LogP contribution in [0.25, 0.3) is 0 Å². The van der Waals surface area contributed by atoms with Crippen LogP contribution in [0.15, 0.2) is 48.8 Å². The first kappa shape index (κ1) is 19.8. The fraction of sp³-hybridized carbons (Fsp3) is 0.333. The Morgan fingerprint density at radius 2 is 1.46 bits per heavy atom. The standard InChI is InChI=1S/C8H11NO4S.C7H9NO2/c1-14(10,11)13-7-6-12-8-4-2-3-5-9-8;9-5-6-10-7-3-1-2-4-8-7/h2-5H,6-7H2,1H3;1-4,9H,5-6H2. The maximum Gasteiger partial charge on any atom is 0.264 e. The van der Waals surface area contributed by atoms with Gasteiger partial charge in [-0.15, -0.1) is 0 Å². The minimum atomic E-state index is -3.38. The fourth-order valence-corrected chi connectivity index (χ4v) is 1.72. The van der Waals surface area contributed by atoms with Gasteiger partial charge in [0.2, 0.25) is 11.8 Å². The Balaban J connectivity index is 0.000000254. The second kappa shape index (κ2) is 11.3. The van der Waals surface area contributed by atoms with Gasteiger partial charge in [0.25, 0.3) is 10.1 Å². The molecule has 0 atom stereocenters. The minimum absolute atomic E-state index is 0.00456. The molecule has 0 saturated carbocycles. The summed E-state index contributed by atoms with van der Waals surface area (Å²) in [7, 11) is -3.38. The van der Waals surface area contributed by atoms with Gasteiger partial charge in [0, 0.05) is 24.5 Å². The molecule has 2 heterocycles. The van der Waals surface area contributed by atoms with Gasteiger partial charge in [-0.25, -0.2) is 9.97 Å². The Morgan fingerprint density at radius 3 is 1.88 bits per heavy atom. The van der Waals surface area contributed by atoms with Crippen LogP contribution in [-0.2, 0) is 14.3 Å². The number of aliphatic hydroxyl groups excluding tert-OH is 1. The first-order chi connectivity index (χ1) is 11.5. The van der Waals surface area contributed by atoms with Crippen LogP contribution in [0.3, 0.4) is 0 Å². The number of pyridine rings is 2. The molecule has 2 rings (SSSR count). The molecule has 24 heavy (non-hydrogen) atoms. The fourth-order valence-electron chi connectivity index (χ4n) is 1.35. The number of aliphatic hydroxyl groups is 1. The molecule has 0 fully saturated rings. The molecule has 0 amide bonds. The van der Waals surface area contributed by atoms with Crippen molar-refractivity contribution < 1.29 is 27.2 Å². The van der Waals surface area contributed by atoms with Gasteiger partial charge in [-0.2, -0.15) is 8.42 Å². The van der Waals surface area contributed by atoms with Crippen molar-refractivity contribution in [3.05, 3.63) is 48.8 Å². The first-order valence-corrected chi connectivity index (χ1v) is 8.86. The van der Waals surface area contributed by atoms with Crippen LogP contribution in [0.1, 0.15) is 0 Å². The third kappa shape index (κ3) is 10.5. The van der Waals surface area contributed by atoms with E-state index in [2.05, 4.69) is 14.2 Å². The molecule has 132 valence electrons. The molecule has 0 bridgehead atoms. The Labute approximate surface area is 141 Å². The average molecular weight is 356 g/mol. The van der Waals surface area contributed by atoms with Gasteiger partial charge in [0.05, 0.1) is 12.9 Å². The Kier molecular flexibility index (Phi) is 9.35. The summed E-state index contributed by atoms with van der Waals surface area (Å²) in [6, 6.07) is 10.6. The molecular formula is C15H20N2O6S. The summed E-state index contributed by atoms with van der Waals surface area (Å²) in [5.41, 5.74) is 0. The number of aromatic nitrogens is 2. The highest BCUT2D eigenvalue weighted by atomic mass is 32.2. The van der Waals surface area contributed by atoms with Crippen molar-refractivity contribution >= 4 is 10.1 Å². The second-order valence-electron chi connectivity index (χ2n) is 4.28. The molecular weight excluding hydrogens is 336 g/mol. The summed E-state index contributed by atoms with van der Waals surface area (Å²) in [4.78, 5) is 7.77. The third-order valence-electron chi connectivity index (χ3n) is 2.25. The Hall–Kier alpha value is -2.23. The number of hydrogen-bond acceptors (Lipinski definition) is 8. The molecule has 0 radical (unpaired) electrons. The van der Waals surface area contributed by atoms with Gasteiger partial charge in [0.15, 0.2) is 0 Å². The van der Waals surface area contributed by atoms with E-state index in [9.17, 15) is 8.42 Å². The number of ether oxygens (including phenoxy) is 2. The van der Waals surface area contributed by atoms with E-state index < -0.39 is 10.1 Å². The van der Waals surface area contributed by atoms with E-state index in [4.69, 9.17) is 14.6 Å². The number of hydrogen-bond donors (Lipinski definition) is 1. The molecule has 0 aliphatic heterocycles. The van der Waals surface area contributed by atoms with Gasteiger partial charge in [-0.1, -0.05) is 12.1 Å². The lowest BCUT2D eigenvalue weighted by Crippen LogP contribution is -2.11. The van der Waals surface area contributed by atoms with Crippen molar-refractivity contribution in [1.82, 2.24) is 9.97 Å². The van der Waals surface area contributed by atoms with E-state index in [1.54, 1.807) is 36.7 Å². The highest BCUT2D eigenvalue weighted by Crippen LogP contribution is 2.03. The first-order valence-electron chi connectivity index (χ1n) is 7.04. The van der Waals surface area contributed by atoms with E-state index in [0.29, 0.717) is 18.4 Å². The Bertz CT molecular complexity index is 652. The lowest BCUT2D eigenvalue weighted by molar-refractivity contribution is 0.196. The summed E-state index contributed by atoms with van der Waals surface area (Å²) in [5, 5.41) is 8.37. The molecule has 2 aromatic heterocycles. The SMILES string of the molecule is CS(=O)(=O)OCCOc1ccccn1.OCCOc1ccccn1. The zero-order valence-electron chi connectivity index (χ0n) is 13.2. The summed E-state index contributed by atoms with van der Waals surface area (Å²) in [6.07, 6.45) is 4.23. The van der Waals surface area contributed by atoms with Gasteiger partial charge < -0.3 is 14.6 Å². The quantitative estimate of drug-likeness (QED) is 0.549. The van der Waals surface area contributed by atoms with Crippen molar-refractivity contribution in [3.63, 3.8) is 0 Å². The normalized spacial score (nSPS) is 10.4. The lowest BCUT2D eigenvalue weighted by atomic mass is 10.5. The predicted molar refractivity (Wildman–Crippen MR) is 87.3 cm³/mol. The van der Waals surface area contributed by atoms with E-state index >= 15 is 0 Å². The van der Waals surface area contributed by atoms with Crippen LogP contribution in [0, 0.1) is 0 Å². The van der Waals surface area contributed by atoms with Crippen molar-refractivity contribution in [2.75, 3.05) is 32.7 Å². The van der Waals surface area contributed by atoms with Gasteiger partial charge in [0.1, 0.15) is 19.8 Å². The molecule has 1 N–H and O–H groups in total. The van der Waals surface area contributed by atoms with Crippen LogP contribution in [0.4, 0.5) is 0 Å². The van der Waals surface area contributed by atoms with Crippen molar-refractivity contribution in [2.24, 2.45) is 0 Å². The largest absolute Gasteiger partial charge is 0.475 e. The van der Waals surface area contributed by atoms with Gasteiger partial charge >= 0.3 is 0 Å². The van der Waals surface area contributed by atoms with E-state index in [-0.39, 0.29) is 19.8 Å². The van der Waals surface area contributed by atoms with Crippen LogP contribution >= 0.6 is 0 Å². The highest BCUT2D eigenvalue weighted by molar-refractivity contribution is 7.85. The van der Waals surface area contributed by atoms with E-state index in [1.165, 1.54) is 0 Å². The van der Waals surface area contributed by atoms with Crippen molar-refractivity contribution in [3.8, 4) is 11.8 Å². The smallest absolute Gasteiger partial charge is 0.264 e. The average Bonchev–Trinajstić information content (AvgIpc) is 2.59. The van der Waals surface area contributed by atoms with Crippen LogP contribution < -0.4 is 9.47 Å². The summed E-state index contributed by atoms with van der Waals surface area (Å²) in [6.45, 7) is 0.479. The molecule has 0 spiro atoms. The molecule has 0 aliphatic carbocycles.